The second-order valence-corrected chi connectivity index (χ2v) is 7.67. The third-order valence-corrected chi connectivity index (χ3v) is 4.36. The second-order valence-electron chi connectivity index (χ2n) is 7.67. The van der Waals surface area contributed by atoms with Crippen LogP contribution in [0, 0.1) is 11.8 Å². The van der Waals surface area contributed by atoms with Crippen LogP contribution in [0.4, 0.5) is 0 Å². The molecule has 1 fully saturated rings. The van der Waals surface area contributed by atoms with Crippen LogP contribution in [0.3, 0.4) is 0 Å². The van der Waals surface area contributed by atoms with Crippen LogP contribution in [-0.4, -0.2) is 49.3 Å². The molecular weight excluding hydrogens is 260 g/mol. The standard InChI is InChI=1S/C18H38N2O/c1-14(2)11-17-13-20(18(12-19-17)15(3)4)9-7-8-10-21-16(5)6/h14-19H,7-13H2,1-6H3. The largest absolute Gasteiger partial charge is 0.379 e. The van der Waals surface area contributed by atoms with Gasteiger partial charge in [-0.15, -0.1) is 0 Å². The summed E-state index contributed by atoms with van der Waals surface area (Å²) in [6.07, 6.45) is 4.09. The van der Waals surface area contributed by atoms with Gasteiger partial charge in [0, 0.05) is 31.8 Å². The van der Waals surface area contributed by atoms with E-state index in [2.05, 4.69) is 51.8 Å². The zero-order valence-corrected chi connectivity index (χ0v) is 15.2. The first kappa shape index (κ1) is 18.9. The first-order valence-electron chi connectivity index (χ1n) is 8.99. The topological polar surface area (TPSA) is 24.5 Å². The number of rotatable bonds is 9. The van der Waals surface area contributed by atoms with Crippen molar-refractivity contribution < 1.29 is 4.74 Å². The monoisotopic (exact) mass is 298 g/mol. The number of piperazine rings is 1. The SMILES string of the molecule is CC(C)CC1CN(CCCCOC(C)C)C(C(C)C)CN1. The molecule has 0 aromatic heterocycles. The Morgan fingerprint density at radius 3 is 2.38 bits per heavy atom. The summed E-state index contributed by atoms with van der Waals surface area (Å²) < 4.78 is 5.65. The second kappa shape index (κ2) is 9.81. The van der Waals surface area contributed by atoms with E-state index in [0.717, 1.165) is 25.0 Å². The summed E-state index contributed by atoms with van der Waals surface area (Å²) in [7, 11) is 0. The van der Waals surface area contributed by atoms with Gasteiger partial charge in [0.25, 0.3) is 0 Å². The van der Waals surface area contributed by atoms with Gasteiger partial charge in [0.1, 0.15) is 0 Å². The molecule has 1 rings (SSSR count). The van der Waals surface area contributed by atoms with E-state index in [1.165, 1.54) is 32.4 Å². The van der Waals surface area contributed by atoms with Crippen LogP contribution < -0.4 is 5.32 Å². The van der Waals surface area contributed by atoms with Crippen molar-refractivity contribution >= 4 is 0 Å². The highest BCUT2D eigenvalue weighted by Crippen LogP contribution is 2.19. The Balaban J connectivity index is 2.36. The molecule has 1 aliphatic heterocycles. The summed E-state index contributed by atoms with van der Waals surface area (Å²) >= 11 is 0. The van der Waals surface area contributed by atoms with Crippen LogP contribution in [0.15, 0.2) is 0 Å². The molecule has 126 valence electrons. The first-order chi connectivity index (χ1) is 9.90. The lowest BCUT2D eigenvalue weighted by atomic mass is 9.94. The third-order valence-electron chi connectivity index (χ3n) is 4.36. The summed E-state index contributed by atoms with van der Waals surface area (Å²) in [6.45, 7) is 18.1. The fraction of sp³-hybridized carbons (Fsp3) is 1.00. The van der Waals surface area contributed by atoms with Gasteiger partial charge in [0.15, 0.2) is 0 Å². The van der Waals surface area contributed by atoms with Crippen molar-refractivity contribution in [3.05, 3.63) is 0 Å². The summed E-state index contributed by atoms with van der Waals surface area (Å²) in [6, 6.07) is 1.37. The Morgan fingerprint density at radius 1 is 1.10 bits per heavy atom. The van der Waals surface area contributed by atoms with Gasteiger partial charge in [0.05, 0.1) is 6.10 Å². The van der Waals surface area contributed by atoms with E-state index in [1.807, 2.05) is 0 Å². The van der Waals surface area contributed by atoms with E-state index in [0.29, 0.717) is 18.2 Å². The van der Waals surface area contributed by atoms with Gasteiger partial charge < -0.3 is 10.1 Å². The molecule has 0 bridgehead atoms. The predicted octanol–water partition coefficient (Wildman–Crippen LogP) is 3.54. The fourth-order valence-electron chi connectivity index (χ4n) is 3.28. The Hall–Kier alpha value is -0.120. The molecule has 3 nitrogen and oxygen atoms in total. The molecule has 0 radical (unpaired) electrons. The maximum Gasteiger partial charge on any atom is 0.0518 e. The van der Waals surface area contributed by atoms with Crippen molar-refractivity contribution in [3.63, 3.8) is 0 Å². The van der Waals surface area contributed by atoms with Gasteiger partial charge in [-0.2, -0.15) is 0 Å². The minimum Gasteiger partial charge on any atom is -0.379 e. The molecule has 0 saturated carbocycles. The lowest BCUT2D eigenvalue weighted by Gasteiger charge is -2.43. The Morgan fingerprint density at radius 2 is 1.81 bits per heavy atom. The Kier molecular flexibility index (Phi) is 8.84. The van der Waals surface area contributed by atoms with Gasteiger partial charge in [0.2, 0.25) is 0 Å². The normalized spacial score (nSPS) is 24.4. The molecule has 0 aromatic carbocycles. The van der Waals surface area contributed by atoms with E-state index >= 15 is 0 Å². The van der Waals surface area contributed by atoms with Crippen molar-refractivity contribution in [3.8, 4) is 0 Å². The Labute approximate surface area is 132 Å². The number of hydrogen-bond acceptors (Lipinski definition) is 3. The number of nitrogens with zero attached hydrogens (tertiary/aromatic N) is 1. The van der Waals surface area contributed by atoms with Gasteiger partial charge in [-0.25, -0.2) is 0 Å². The maximum absolute atomic E-state index is 5.65. The molecule has 3 heteroatoms. The van der Waals surface area contributed by atoms with E-state index in [9.17, 15) is 0 Å². The van der Waals surface area contributed by atoms with Crippen LogP contribution in [0.5, 0.6) is 0 Å². The van der Waals surface area contributed by atoms with Crippen molar-refractivity contribution in [2.45, 2.75) is 79.0 Å². The van der Waals surface area contributed by atoms with Crippen molar-refractivity contribution in [1.29, 1.82) is 0 Å². The lowest BCUT2D eigenvalue weighted by molar-refractivity contribution is 0.0642. The van der Waals surface area contributed by atoms with Gasteiger partial charge in [-0.1, -0.05) is 27.7 Å². The number of unbranched alkanes of at least 4 members (excludes halogenated alkanes) is 1. The molecule has 2 unspecified atom stereocenters. The van der Waals surface area contributed by atoms with E-state index in [4.69, 9.17) is 4.74 Å². The molecular formula is C18H38N2O. The molecule has 1 N–H and O–H groups in total. The average Bonchev–Trinajstić information content (AvgIpc) is 2.37. The highest BCUT2D eigenvalue weighted by Gasteiger charge is 2.29. The molecule has 0 amide bonds. The molecule has 2 atom stereocenters. The average molecular weight is 299 g/mol. The maximum atomic E-state index is 5.65. The van der Waals surface area contributed by atoms with E-state index < -0.39 is 0 Å². The summed E-state index contributed by atoms with van der Waals surface area (Å²) in [5.41, 5.74) is 0. The summed E-state index contributed by atoms with van der Waals surface area (Å²) in [5.74, 6) is 1.50. The minimum atomic E-state index is 0.364. The van der Waals surface area contributed by atoms with Gasteiger partial charge >= 0.3 is 0 Å². The molecule has 1 saturated heterocycles. The lowest BCUT2D eigenvalue weighted by Crippen LogP contribution is -2.58. The van der Waals surface area contributed by atoms with Gasteiger partial charge in [-0.05, 0) is 51.5 Å². The number of hydrogen-bond donors (Lipinski definition) is 1. The fourth-order valence-corrected chi connectivity index (χ4v) is 3.28. The summed E-state index contributed by atoms with van der Waals surface area (Å²) in [4.78, 5) is 2.73. The minimum absolute atomic E-state index is 0.364. The summed E-state index contributed by atoms with van der Waals surface area (Å²) in [5, 5.41) is 3.76. The van der Waals surface area contributed by atoms with Crippen LogP contribution >= 0.6 is 0 Å². The quantitative estimate of drug-likeness (QED) is 0.659. The van der Waals surface area contributed by atoms with Crippen LogP contribution in [-0.2, 0) is 4.74 Å². The zero-order chi connectivity index (χ0) is 15.8. The van der Waals surface area contributed by atoms with Crippen molar-refractivity contribution in [2.24, 2.45) is 11.8 Å². The molecule has 0 aromatic rings. The first-order valence-corrected chi connectivity index (χ1v) is 8.99. The zero-order valence-electron chi connectivity index (χ0n) is 15.2. The van der Waals surface area contributed by atoms with E-state index in [1.54, 1.807) is 0 Å². The van der Waals surface area contributed by atoms with Crippen LogP contribution in [0.1, 0.15) is 60.8 Å². The van der Waals surface area contributed by atoms with E-state index in [-0.39, 0.29) is 0 Å². The smallest absolute Gasteiger partial charge is 0.0518 e. The Bertz CT molecular complexity index is 266. The highest BCUT2D eigenvalue weighted by atomic mass is 16.5. The molecule has 21 heavy (non-hydrogen) atoms. The molecule has 0 spiro atoms. The molecule has 1 heterocycles. The predicted molar refractivity (Wildman–Crippen MR) is 91.8 cm³/mol. The van der Waals surface area contributed by atoms with Gasteiger partial charge in [-0.3, -0.25) is 4.90 Å². The van der Waals surface area contributed by atoms with Crippen LogP contribution in [0.2, 0.25) is 0 Å². The van der Waals surface area contributed by atoms with Crippen LogP contribution in [0.25, 0.3) is 0 Å². The number of nitrogens with one attached hydrogen (secondary N) is 1. The molecule has 0 aliphatic carbocycles. The van der Waals surface area contributed by atoms with Crippen molar-refractivity contribution in [1.82, 2.24) is 10.2 Å². The third kappa shape index (κ3) is 7.62. The highest BCUT2D eigenvalue weighted by molar-refractivity contribution is 4.88. The molecule has 1 aliphatic rings. The number of ether oxygens (including phenoxy) is 1. The van der Waals surface area contributed by atoms with Crippen molar-refractivity contribution in [2.75, 3.05) is 26.2 Å².